The van der Waals surface area contributed by atoms with Crippen molar-refractivity contribution in [3.05, 3.63) is 53.1 Å². The lowest BCUT2D eigenvalue weighted by Gasteiger charge is -2.47. The summed E-state index contributed by atoms with van der Waals surface area (Å²) in [5, 5.41) is 0. The molecule has 1 unspecified atom stereocenters. The smallest absolute Gasteiger partial charge is 0.197 e. The van der Waals surface area contributed by atoms with Gasteiger partial charge in [-0.25, -0.2) is 0 Å². The van der Waals surface area contributed by atoms with Crippen LogP contribution in [0.4, 0.5) is 0 Å². The summed E-state index contributed by atoms with van der Waals surface area (Å²) in [7, 11) is -1.83. The SMILES string of the molecule is CCCCC1=C(/C=C\c2ccccc2)C(=O)C1(CCCC)O[Si](C)(C)C. The van der Waals surface area contributed by atoms with Crippen molar-refractivity contribution in [2.45, 2.75) is 77.6 Å². The minimum atomic E-state index is -1.83. The van der Waals surface area contributed by atoms with Crippen LogP contribution in [0.15, 0.2) is 47.6 Å². The van der Waals surface area contributed by atoms with Gasteiger partial charge in [0.2, 0.25) is 0 Å². The first kappa shape index (κ1) is 20.9. The molecule has 142 valence electrons. The summed E-state index contributed by atoms with van der Waals surface area (Å²) in [6.07, 6.45) is 10.2. The molecule has 0 fully saturated rings. The van der Waals surface area contributed by atoms with E-state index >= 15 is 0 Å². The first-order valence-corrected chi connectivity index (χ1v) is 13.5. The molecule has 0 bridgehead atoms. The van der Waals surface area contributed by atoms with Gasteiger partial charge in [0.05, 0.1) is 0 Å². The molecule has 0 aromatic heterocycles. The molecule has 0 saturated heterocycles. The van der Waals surface area contributed by atoms with Crippen LogP contribution in [0.3, 0.4) is 0 Å². The van der Waals surface area contributed by atoms with Crippen LogP contribution in [0.5, 0.6) is 0 Å². The first-order chi connectivity index (χ1) is 12.3. The van der Waals surface area contributed by atoms with Gasteiger partial charge in [-0.3, -0.25) is 4.79 Å². The maximum atomic E-state index is 13.3. The van der Waals surface area contributed by atoms with Crippen LogP contribution < -0.4 is 0 Å². The van der Waals surface area contributed by atoms with Gasteiger partial charge in [0.15, 0.2) is 14.1 Å². The second-order valence-electron chi connectivity index (χ2n) is 8.21. The van der Waals surface area contributed by atoms with E-state index in [0.29, 0.717) is 0 Å². The Bertz CT molecular complexity index is 667. The molecule has 2 nitrogen and oxygen atoms in total. The van der Waals surface area contributed by atoms with E-state index in [9.17, 15) is 4.79 Å². The molecule has 3 heteroatoms. The fourth-order valence-corrected chi connectivity index (χ4v) is 4.99. The number of rotatable bonds is 10. The third-order valence-corrected chi connectivity index (χ3v) is 5.77. The zero-order chi connectivity index (χ0) is 19.2. The maximum absolute atomic E-state index is 13.3. The molecule has 0 saturated carbocycles. The van der Waals surface area contributed by atoms with Crippen LogP contribution in [0, 0.1) is 0 Å². The Morgan fingerprint density at radius 1 is 1.00 bits per heavy atom. The highest BCUT2D eigenvalue weighted by Gasteiger charge is 2.54. The van der Waals surface area contributed by atoms with Gasteiger partial charge in [0.1, 0.15) is 5.60 Å². The summed E-state index contributed by atoms with van der Waals surface area (Å²) in [6.45, 7) is 10.9. The number of carbonyl (C=O) groups is 1. The molecule has 1 aliphatic carbocycles. The number of hydrogen-bond donors (Lipinski definition) is 0. The van der Waals surface area contributed by atoms with Crippen molar-refractivity contribution in [2.24, 2.45) is 0 Å². The van der Waals surface area contributed by atoms with E-state index in [1.807, 2.05) is 24.3 Å². The van der Waals surface area contributed by atoms with Crippen molar-refractivity contribution in [3.63, 3.8) is 0 Å². The van der Waals surface area contributed by atoms with Gasteiger partial charge in [0.25, 0.3) is 0 Å². The van der Waals surface area contributed by atoms with Crippen LogP contribution in [0.25, 0.3) is 6.08 Å². The van der Waals surface area contributed by atoms with E-state index in [2.05, 4.69) is 51.7 Å². The van der Waals surface area contributed by atoms with Crippen LogP contribution in [0.1, 0.15) is 57.9 Å². The predicted octanol–water partition coefficient (Wildman–Crippen LogP) is 6.55. The van der Waals surface area contributed by atoms with E-state index < -0.39 is 13.9 Å². The molecular formula is C23H34O2Si. The lowest BCUT2D eigenvalue weighted by atomic mass is 9.67. The maximum Gasteiger partial charge on any atom is 0.197 e. The molecule has 26 heavy (non-hydrogen) atoms. The van der Waals surface area contributed by atoms with Crippen LogP contribution in [0.2, 0.25) is 19.6 Å². The van der Waals surface area contributed by atoms with Crippen molar-refractivity contribution in [1.29, 1.82) is 0 Å². The number of carbonyl (C=O) groups excluding carboxylic acids is 1. The van der Waals surface area contributed by atoms with Gasteiger partial charge < -0.3 is 4.43 Å². The third kappa shape index (κ3) is 4.83. The molecule has 1 aromatic rings. The fourth-order valence-electron chi connectivity index (χ4n) is 3.63. The highest BCUT2D eigenvalue weighted by molar-refractivity contribution is 6.70. The van der Waals surface area contributed by atoms with Gasteiger partial charge in [-0.15, -0.1) is 0 Å². The molecule has 0 spiro atoms. The molecule has 0 aliphatic heterocycles. The molecule has 2 rings (SSSR count). The number of hydrogen-bond acceptors (Lipinski definition) is 2. The summed E-state index contributed by atoms with van der Waals surface area (Å²) < 4.78 is 6.57. The first-order valence-electron chi connectivity index (χ1n) is 10.1. The highest BCUT2D eigenvalue weighted by Crippen LogP contribution is 2.47. The van der Waals surface area contributed by atoms with Crippen molar-refractivity contribution < 1.29 is 9.22 Å². The Hall–Kier alpha value is -1.45. The minimum Gasteiger partial charge on any atom is -0.401 e. The minimum absolute atomic E-state index is 0.201. The van der Waals surface area contributed by atoms with E-state index in [-0.39, 0.29) is 5.78 Å². The number of unbranched alkanes of at least 4 members (excludes halogenated alkanes) is 2. The summed E-state index contributed by atoms with van der Waals surface area (Å²) >= 11 is 0. The third-order valence-electron chi connectivity index (χ3n) is 4.81. The second-order valence-corrected chi connectivity index (χ2v) is 12.6. The van der Waals surface area contributed by atoms with Gasteiger partial charge in [-0.1, -0.05) is 75.6 Å². The topological polar surface area (TPSA) is 26.3 Å². The van der Waals surface area contributed by atoms with Crippen molar-refractivity contribution in [3.8, 4) is 0 Å². The monoisotopic (exact) mass is 370 g/mol. The average Bonchev–Trinajstić information content (AvgIpc) is 2.61. The molecule has 0 heterocycles. The van der Waals surface area contributed by atoms with Crippen molar-refractivity contribution in [2.75, 3.05) is 0 Å². The molecular weight excluding hydrogens is 336 g/mol. The molecule has 1 atom stereocenters. The fraction of sp³-hybridized carbons (Fsp3) is 0.522. The summed E-state index contributed by atoms with van der Waals surface area (Å²) in [5.74, 6) is 0.201. The van der Waals surface area contributed by atoms with Gasteiger partial charge in [-0.2, -0.15) is 0 Å². The van der Waals surface area contributed by atoms with E-state index in [4.69, 9.17) is 4.43 Å². The number of ketones is 1. The zero-order valence-electron chi connectivity index (χ0n) is 17.1. The van der Waals surface area contributed by atoms with Crippen molar-refractivity contribution >= 4 is 20.2 Å². The largest absolute Gasteiger partial charge is 0.401 e. The molecule has 0 N–H and O–H groups in total. The normalized spacial score (nSPS) is 20.7. The lowest BCUT2D eigenvalue weighted by Crippen LogP contribution is -2.57. The lowest BCUT2D eigenvalue weighted by molar-refractivity contribution is -0.132. The number of benzene rings is 1. The summed E-state index contributed by atoms with van der Waals surface area (Å²) in [4.78, 5) is 13.3. The van der Waals surface area contributed by atoms with E-state index in [0.717, 1.165) is 49.7 Å². The summed E-state index contributed by atoms with van der Waals surface area (Å²) in [6, 6.07) is 10.2. The average molecular weight is 371 g/mol. The Morgan fingerprint density at radius 2 is 1.65 bits per heavy atom. The van der Waals surface area contributed by atoms with E-state index in [1.54, 1.807) is 0 Å². The number of Topliss-reactive ketones (excluding diaryl/α,β-unsaturated/α-hetero) is 1. The van der Waals surface area contributed by atoms with Crippen LogP contribution in [-0.2, 0) is 9.22 Å². The Kier molecular flexibility index (Phi) is 7.19. The Labute approximate surface area is 160 Å². The standard InChI is InChI=1S/C23H34O2Si/c1-6-8-15-21-20(17-16-19-13-11-10-12-14-19)22(24)23(21,18-9-7-2)25-26(3,4)5/h10-14,16-17H,6-9,15,18H2,1-5H3/b17-16-. The van der Waals surface area contributed by atoms with Crippen LogP contribution >= 0.6 is 0 Å². The molecule has 1 aromatic carbocycles. The summed E-state index contributed by atoms with van der Waals surface area (Å²) in [5.41, 5.74) is 2.61. The quantitative estimate of drug-likeness (QED) is 0.436. The van der Waals surface area contributed by atoms with E-state index in [1.165, 1.54) is 5.57 Å². The highest BCUT2D eigenvalue weighted by atomic mass is 28.4. The molecule has 1 aliphatic rings. The van der Waals surface area contributed by atoms with Gasteiger partial charge in [-0.05, 0) is 50.0 Å². The number of allylic oxidation sites excluding steroid dienone is 1. The Morgan fingerprint density at radius 3 is 2.23 bits per heavy atom. The van der Waals surface area contributed by atoms with Gasteiger partial charge in [0, 0.05) is 5.57 Å². The predicted molar refractivity (Wildman–Crippen MR) is 114 cm³/mol. The van der Waals surface area contributed by atoms with Gasteiger partial charge >= 0.3 is 0 Å². The second kappa shape index (κ2) is 8.96. The molecule has 0 amide bonds. The zero-order valence-corrected chi connectivity index (χ0v) is 18.1. The Balaban J connectivity index is 2.39. The van der Waals surface area contributed by atoms with Crippen molar-refractivity contribution in [1.82, 2.24) is 0 Å². The van der Waals surface area contributed by atoms with Crippen LogP contribution in [-0.4, -0.2) is 19.7 Å². The molecule has 0 radical (unpaired) electrons.